The molecule has 0 saturated heterocycles. The van der Waals surface area contributed by atoms with Crippen LogP contribution in [0.3, 0.4) is 0 Å². The lowest BCUT2D eigenvalue weighted by atomic mass is 9.76. The van der Waals surface area contributed by atoms with Gasteiger partial charge in [-0.1, -0.05) is 29.4 Å². The number of aromatic nitrogens is 4. The number of rotatable bonds is 5. The van der Waals surface area contributed by atoms with Gasteiger partial charge in [-0.05, 0) is 49.7 Å². The summed E-state index contributed by atoms with van der Waals surface area (Å²) in [6.07, 6.45) is 6.97. The molecule has 2 saturated carbocycles. The van der Waals surface area contributed by atoms with Crippen molar-refractivity contribution in [1.29, 1.82) is 0 Å². The second kappa shape index (κ2) is 6.38. The Hall–Kier alpha value is -2.80. The summed E-state index contributed by atoms with van der Waals surface area (Å²) < 4.78 is 5.57. The number of benzene rings is 1. The third-order valence-corrected chi connectivity index (χ3v) is 6.25. The minimum atomic E-state index is -0.278. The molecule has 0 aliphatic heterocycles. The van der Waals surface area contributed by atoms with Crippen molar-refractivity contribution in [2.45, 2.75) is 50.0 Å². The molecule has 2 aromatic heterocycles. The monoisotopic (exact) mass is 377 g/mol. The number of aliphatic hydroxyl groups excluding tert-OH is 1. The molecule has 144 valence electrons. The molecule has 2 heterocycles. The Labute approximate surface area is 163 Å². The molecule has 28 heavy (non-hydrogen) atoms. The summed E-state index contributed by atoms with van der Waals surface area (Å²) in [5, 5.41) is 13.9. The largest absolute Gasteiger partial charge is 0.393 e. The van der Waals surface area contributed by atoms with Crippen LogP contribution in [0.25, 0.3) is 11.1 Å². The highest BCUT2D eigenvalue weighted by Gasteiger charge is 2.48. The van der Waals surface area contributed by atoms with E-state index in [-0.39, 0.29) is 23.4 Å². The van der Waals surface area contributed by atoms with Crippen LogP contribution in [0.2, 0.25) is 0 Å². The molecular formula is C21H23N5O2. The Balaban J connectivity index is 1.45. The molecule has 3 aromatic rings. The first-order valence-corrected chi connectivity index (χ1v) is 9.74. The second-order valence-electron chi connectivity index (χ2n) is 8.16. The number of hydrogen-bond donors (Lipinski definition) is 2. The van der Waals surface area contributed by atoms with Crippen molar-refractivity contribution in [2.24, 2.45) is 5.92 Å². The Bertz CT molecular complexity index is 975. The molecule has 3 N–H and O–H groups in total. The Kier molecular flexibility index (Phi) is 3.94. The Morgan fingerprint density at radius 1 is 1.07 bits per heavy atom. The van der Waals surface area contributed by atoms with Crippen molar-refractivity contribution in [3.63, 3.8) is 0 Å². The molecule has 0 spiro atoms. The molecule has 1 aromatic carbocycles. The van der Waals surface area contributed by atoms with Crippen LogP contribution < -0.4 is 5.73 Å². The SMILES string of the molecule is CC(c1ccc(-c2cnc(N)nc2)cc1)(c1noc(C2CC(O)C2)n1)C1CC1. The number of nitrogens with zero attached hydrogens (tertiary/aromatic N) is 4. The predicted octanol–water partition coefficient (Wildman–Crippen LogP) is 3.06. The van der Waals surface area contributed by atoms with E-state index in [9.17, 15) is 5.11 Å². The summed E-state index contributed by atoms with van der Waals surface area (Å²) >= 11 is 0. The Morgan fingerprint density at radius 3 is 2.36 bits per heavy atom. The fourth-order valence-corrected chi connectivity index (χ4v) is 4.11. The van der Waals surface area contributed by atoms with E-state index in [1.165, 1.54) is 5.56 Å². The highest BCUT2D eigenvalue weighted by atomic mass is 16.5. The molecule has 7 heteroatoms. The summed E-state index contributed by atoms with van der Waals surface area (Å²) in [5.41, 5.74) is 8.45. The van der Waals surface area contributed by atoms with Crippen LogP contribution >= 0.6 is 0 Å². The van der Waals surface area contributed by atoms with E-state index in [2.05, 4.69) is 46.3 Å². The number of anilines is 1. The smallest absolute Gasteiger partial charge is 0.229 e. The molecule has 0 amide bonds. The lowest BCUT2D eigenvalue weighted by Crippen LogP contribution is -2.29. The zero-order chi connectivity index (χ0) is 19.3. The van der Waals surface area contributed by atoms with Gasteiger partial charge in [-0.3, -0.25) is 0 Å². The van der Waals surface area contributed by atoms with E-state index < -0.39 is 0 Å². The topological polar surface area (TPSA) is 111 Å². The number of nitrogens with two attached hydrogens (primary N) is 1. The fraction of sp³-hybridized carbons (Fsp3) is 0.429. The summed E-state index contributed by atoms with van der Waals surface area (Å²) in [6, 6.07) is 8.42. The minimum absolute atomic E-state index is 0.188. The van der Waals surface area contributed by atoms with Crippen LogP contribution in [0.1, 0.15) is 55.8 Å². The van der Waals surface area contributed by atoms with E-state index >= 15 is 0 Å². The van der Waals surface area contributed by atoms with E-state index in [0.717, 1.165) is 29.8 Å². The van der Waals surface area contributed by atoms with Crippen molar-refractivity contribution in [3.05, 3.63) is 53.9 Å². The lowest BCUT2D eigenvalue weighted by molar-refractivity contribution is 0.0624. The summed E-state index contributed by atoms with van der Waals surface area (Å²) in [7, 11) is 0. The quantitative estimate of drug-likeness (QED) is 0.703. The van der Waals surface area contributed by atoms with Gasteiger partial charge in [0.25, 0.3) is 0 Å². The average Bonchev–Trinajstić information content (AvgIpc) is 3.43. The normalized spacial score (nSPS) is 23.8. The summed E-state index contributed by atoms with van der Waals surface area (Å²) in [6.45, 7) is 2.20. The zero-order valence-corrected chi connectivity index (χ0v) is 15.7. The van der Waals surface area contributed by atoms with Gasteiger partial charge in [0.2, 0.25) is 11.8 Å². The molecule has 2 aliphatic rings. The van der Waals surface area contributed by atoms with E-state index in [0.29, 0.717) is 24.7 Å². The van der Waals surface area contributed by atoms with Crippen LogP contribution in [0.4, 0.5) is 5.95 Å². The van der Waals surface area contributed by atoms with E-state index in [4.69, 9.17) is 15.2 Å². The molecule has 5 rings (SSSR count). The molecule has 0 radical (unpaired) electrons. The Morgan fingerprint density at radius 2 is 1.75 bits per heavy atom. The molecule has 0 bridgehead atoms. The van der Waals surface area contributed by atoms with E-state index in [1.807, 2.05) is 0 Å². The first-order valence-electron chi connectivity index (χ1n) is 9.74. The van der Waals surface area contributed by atoms with Crippen LogP contribution in [-0.4, -0.2) is 31.3 Å². The van der Waals surface area contributed by atoms with Gasteiger partial charge in [-0.25, -0.2) is 9.97 Å². The molecule has 1 unspecified atom stereocenters. The maximum absolute atomic E-state index is 9.55. The molecule has 2 aliphatic carbocycles. The highest BCUT2D eigenvalue weighted by molar-refractivity contribution is 5.62. The lowest BCUT2D eigenvalue weighted by Gasteiger charge is -2.28. The van der Waals surface area contributed by atoms with Crippen molar-refractivity contribution in [1.82, 2.24) is 20.1 Å². The minimum Gasteiger partial charge on any atom is -0.393 e. The second-order valence-corrected chi connectivity index (χ2v) is 8.16. The van der Waals surface area contributed by atoms with Gasteiger partial charge in [-0.15, -0.1) is 0 Å². The standard InChI is InChI=1S/C21H23N5O2/c1-21(16-6-7-16,19-25-18(28-26-19)13-8-17(27)9-13)15-4-2-12(3-5-15)14-10-23-20(22)24-11-14/h2-5,10-11,13,16-17,27H,6-9H2,1H3,(H2,22,23,24). The van der Waals surface area contributed by atoms with E-state index in [1.54, 1.807) is 12.4 Å². The number of hydrogen-bond acceptors (Lipinski definition) is 7. The zero-order valence-electron chi connectivity index (χ0n) is 15.7. The van der Waals surface area contributed by atoms with Gasteiger partial charge < -0.3 is 15.4 Å². The van der Waals surface area contributed by atoms with Gasteiger partial charge in [0.05, 0.1) is 11.5 Å². The highest BCUT2D eigenvalue weighted by Crippen LogP contribution is 2.51. The van der Waals surface area contributed by atoms with Crippen LogP contribution in [0, 0.1) is 5.92 Å². The average molecular weight is 377 g/mol. The number of aliphatic hydroxyl groups is 1. The van der Waals surface area contributed by atoms with Crippen molar-refractivity contribution in [2.75, 3.05) is 5.73 Å². The fourth-order valence-electron chi connectivity index (χ4n) is 4.11. The van der Waals surface area contributed by atoms with Gasteiger partial charge >= 0.3 is 0 Å². The van der Waals surface area contributed by atoms with Crippen LogP contribution in [0.5, 0.6) is 0 Å². The molecule has 1 atom stereocenters. The third kappa shape index (κ3) is 2.86. The number of nitrogen functional groups attached to an aromatic ring is 1. The maximum atomic E-state index is 9.55. The first-order chi connectivity index (χ1) is 13.5. The predicted molar refractivity (Wildman–Crippen MR) is 103 cm³/mol. The molecule has 2 fully saturated rings. The van der Waals surface area contributed by atoms with Crippen molar-refractivity contribution < 1.29 is 9.63 Å². The van der Waals surface area contributed by atoms with Gasteiger partial charge in [0.15, 0.2) is 5.82 Å². The summed E-state index contributed by atoms with van der Waals surface area (Å²) in [5.74, 6) is 2.37. The van der Waals surface area contributed by atoms with Gasteiger partial charge in [0.1, 0.15) is 0 Å². The van der Waals surface area contributed by atoms with Crippen LogP contribution in [-0.2, 0) is 5.41 Å². The summed E-state index contributed by atoms with van der Waals surface area (Å²) in [4.78, 5) is 12.9. The molecule has 7 nitrogen and oxygen atoms in total. The first kappa shape index (κ1) is 17.3. The van der Waals surface area contributed by atoms with Crippen molar-refractivity contribution >= 4 is 5.95 Å². The molecular weight excluding hydrogens is 354 g/mol. The third-order valence-electron chi connectivity index (χ3n) is 6.25. The van der Waals surface area contributed by atoms with Crippen molar-refractivity contribution in [3.8, 4) is 11.1 Å². The van der Waals surface area contributed by atoms with Gasteiger partial charge in [-0.2, -0.15) is 4.98 Å². The maximum Gasteiger partial charge on any atom is 0.229 e. The van der Waals surface area contributed by atoms with Crippen LogP contribution in [0.15, 0.2) is 41.2 Å². The van der Waals surface area contributed by atoms with Gasteiger partial charge in [0, 0.05) is 23.9 Å².